The van der Waals surface area contributed by atoms with Crippen molar-refractivity contribution in [1.82, 2.24) is 5.32 Å². The van der Waals surface area contributed by atoms with Gasteiger partial charge in [0, 0.05) is 5.71 Å². The number of ether oxygens (including phenoxy) is 3. The Morgan fingerprint density at radius 2 is 1.72 bits per heavy atom. The van der Waals surface area contributed by atoms with Crippen LogP contribution in [0.1, 0.15) is 29.2 Å². The maximum Gasteiger partial charge on any atom is 0.341 e. The van der Waals surface area contributed by atoms with Gasteiger partial charge in [-0.15, -0.1) is 0 Å². The molecule has 0 spiro atoms. The molecule has 1 N–H and O–H groups in total. The van der Waals surface area contributed by atoms with E-state index in [1.54, 1.807) is 18.2 Å². The van der Waals surface area contributed by atoms with Gasteiger partial charge in [-0.1, -0.05) is 30.3 Å². The summed E-state index contributed by atoms with van der Waals surface area (Å²) in [7, 11) is 0. The molecule has 36 heavy (non-hydrogen) atoms. The second-order valence-corrected chi connectivity index (χ2v) is 8.49. The summed E-state index contributed by atoms with van der Waals surface area (Å²) in [5, 5.41) is 2.67. The van der Waals surface area contributed by atoms with Crippen molar-refractivity contribution >= 4 is 17.7 Å². The molecule has 2 unspecified atom stereocenters. The number of amides is 2. The van der Waals surface area contributed by atoms with Crippen molar-refractivity contribution in [3.05, 3.63) is 95.1 Å². The van der Waals surface area contributed by atoms with Gasteiger partial charge in [0.05, 0.1) is 6.04 Å². The number of carbonyl (C=O) groups excluding carboxylic acids is 2. The number of hydrogen-bond acceptors (Lipinski definition) is 5. The normalized spacial score (nSPS) is 18.4. The Morgan fingerprint density at radius 3 is 2.53 bits per heavy atom. The molecule has 3 aromatic carbocycles. The van der Waals surface area contributed by atoms with E-state index in [0.717, 1.165) is 5.56 Å². The fourth-order valence-corrected chi connectivity index (χ4v) is 4.34. The van der Waals surface area contributed by atoms with Crippen LogP contribution in [-0.4, -0.2) is 24.5 Å². The standard InChI is InChI=1S/C27H22F2N2O5/c28-19-5-1-3-17(11-19)14-34-26(32)24-21(9-7-16-8-10-22-23(12-16)36-15-35-22)30-27(33)31-25(24)18-4-2-6-20(29)13-18/h1-6,8,10-13,24-25H,7,9,14-15H2,(H,31,33). The summed E-state index contributed by atoms with van der Waals surface area (Å²) < 4.78 is 43.8. The maximum absolute atomic E-state index is 14.0. The topological polar surface area (TPSA) is 86.2 Å². The molecule has 2 aliphatic rings. The maximum atomic E-state index is 14.0. The number of aryl methyl sites for hydroxylation is 1. The first-order chi connectivity index (χ1) is 17.5. The predicted molar refractivity (Wildman–Crippen MR) is 126 cm³/mol. The molecule has 2 atom stereocenters. The minimum absolute atomic E-state index is 0.153. The number of fused-ring (bicyclic) bond motifs is 1. The molecule has 0 aromatic heterocycles. The fourth-order valence-electron chi connectivity index (χ4n) is 4.34. The molecule has 0 saturated heterocycles. The Labute approximate surface area is 205 Å². The molecule has 0 aliphatic carbocycles. The van der Waals surface area contributed by atoms with E-state index in [0.29, 0.717) is 34.8 Å². The van der Waals surface area contributed by atoms with Gasteiger partial charge in [-0.25, -0.2) is 18.6 Å². The van der Waals surface area contributed by atoms with Gasteiger partial charge in [-0.2, -0.15) is 0 Å². The first-order valence-electron chi connectivity index (χ1n) is 11.4. The lowest BCUT2D eigenvalue weighted by Crippen LogP contribution is -2.45. The number of nitrogens with zero attached hydrogens (tertiary/aromatic N) is 1. The van der Waals surface area contributed by atoms with Crippen molar-refractivity contribution in [2.45, 2.75) is 25.5 Å². The van der Waals surface area contributed by atoms with E-state index < -0.39 is 35.6 Å². The number of halogens is 2. The van der Waals surface area contributed by atoms with E-state index in [4.69, 9.17) is 14.2 Å². The van der Waals surface area contributed by atoms with E-state index in [2.05, 4.69) is 10.3 Å². The number of esters is 1. The first kappa shape index (κ1) is 23.5. The largest absolute Gasteiger partial charge is 0.460 e. The van der Waals surface area contributed by atoms with Gasteiger partial charge in [0.1, 0.15) is 24.2 Å². The number of hydrogen-bond donors (Lipinski definition) is 1. The van der Waals surface area contributed by atoms with Crippen LogP contribution in [0.4, 0.5) is 13.6 Å². The lowest BCUT2D eigenvalue weighted by Gasteiger charge is -2.31. The van der Waals surface area contributed by atoms with E-state index in [1.807, 2.05) is 12.1 Å². The SMILES string of the molecule is O=C1N=C(CCc2ccc3c(c2)OCO3)C(C(=O)OCc2cccc(F)c2)C(c2cccc(F)c2)N1. The number of nitrogens with one attached hydrogen (secondary N) is 1. The highest BCUT2D eigenvalue weighted by molar-refractivity contribution is 6.09. The van der Waals surface area contributed by atoms with Gasteiger partial charge in [0.2, 0.25) is 6.79 Å². The third-order valence-electron chi connectivity index (χ3n) is 6.06. The second kappa shape index (κ2) is 10.2. The molecular weight excluding hydrogens is 470 g/mol. The third-order valence-corrected chi connectivity index (χ3v) is 6.06. The number of aliphatic imine (C=N–C) groups is 1. The van der Waals surface area contributed by atoms with Gasteiger partial charge in [0.15, 0.2) is 11.5 Å². The Morgan fingerprint density at radius 1 is 0.944 bits per heavy atom. The predicted octanol–water partition coefficient (Wildman–Crippen LogP) is 4.89. The fraction of sp³-hybridized carbons (Fsp3) is 0.222. The molecule has 0 fully saturated rings. The van der Waals surface area contributed by atoms with Gasteiger partial charge < -0.3 is 19.5 Å². The Hall–Kier alpha value is -4.27. The van der Waals surface area contributed by atoms with Crippen LogP contribution in [0.25, 0.3) is 0 Å². The second-order valence-electron chi connectivity index (χ2n) is 8.49. The molecule has 0 radical (unpaired) electrons. The molecule has 2 aliphatic heterocycles. The summed E-state index contributed by atoms with van der Waals surface area (Å²) in [6, 6.07) is 15.4. The number of rotatable bonds is 7. The van der Waals surface area contributed by atoms with Crippen LogP contribution in [0.3, 0.4) is 0 Å². The summed E-state index contributed by atoms with van der Waals surface area (Å²) in [5.41, 5.74) is 2.10. The highest BCUT2D eigenvalue weighted by atomic mass is 19.1. The van der Waals surface area contributed by atoms with Gasteiger partial charge in [-0.05, 0) is 65.9 Å². The molecule has 184 valence electrons. The lowest BCUT2D eigenvalue weighted by molar-refractivity contribution is -0.148. The zero-order valence-electron chi connectivity index (χ0n) is 19.1. The monoisotopic (exact) mass is 492 g/mol. The molecular formula is C27H22F2N2O5. The molecule has 7 nitrogen and oxygen atoms in total. The molecule has 2 heterocycles. The quantitative estimate of drug-likeness (QED) is 0.475. The molecule has 0 bridgehead atoms. The van der Waals surface area contributed by atoms with Crippen LogP contribution in [0.2, 0.25) is 0 Å². The van der Waals surface area contributed by atoms with Crippen molar-refractivity contribution < 1.29 is 32.6 Å². The lowest BCUT2D eigenvalue weighted by atomic mass is 9.85. The van der Waals surface area contributed by atoms with Crippen LogP contribution < -0.4 is 14.8 Å². The summed E-state index contributed by atoms with van der Waals surface area (Å²) in [6.45, 7) is -0.00738. The average molecular weight is 492 g/mol. The Kier molecular flexibility index (Phi) is 6.62. The van der Waals surface area contributed by atoms with Crippen molar-refractivity contribution in [2.75, 3.05) is 6.79 Å². The van der Waals surface area contributed by atoms with Gasteiger partial charge in [0.25, 0.3) is 0 Å². The van der Waals surface area contributed by atoms with Gasteiger partial charge >= 0.3 is 12.0 Å². The van der Waals surface area contributed by atoms with Crippen LogP contribution in [-0.2, 0) is 22.6 Å². The van der Waals surface area contributed by atoms with Crippen LogP contribution in [0.5, 0.6) is 11.5 Å². The van der Waals surface area contributed by atoms with E-state index >= 15 is 0 Å². The summed E-state index contributed by atoms with van der Waals surface area (Å²) >= 11 is 0. The third kappa shape index (κ3) is 5.19. The summed E-state index contributed by atoms with van der Waals surface area (Å²) in [6.07, 6.45) is 0.741. The highest BCUT2D eigenvalue weighted by Gasteiger charge is 2.39. The van der Waals surface area contributed by atoms with Crippen molar-refractivity contribution in [3.63, 3.8) is 0 Å². The number of carbonyl (C=O) groups is 2. The van der Waals surface area contributed by atoms with Gasteiger partial charge in [-0.3, -0.25) is 4.79 Å². The minimum atomic E-state index is -0.993. The molecule has 9 heteroatoms. The zero-order chi connectivity index (χ0) is 25.1. The minimum Gasteiger partial charge on any atom is -0.460 e. The number of urea groups is 1. The molecule has 5 rings (SSSR count). The van der Waals surface area contributed by atoms with E-state index in [1.165, 1.54) is 36.4 Å². The van der Waals surface area contributed by atoms with E-state index in [-0.39, 0.29) is 19.8 Å². The highest BCUT2D eigenvalue weighted by Crippen LogP contribution is 2.34. The first-order valence-corrected chi connectivity index (χ1v) is 11.4. The van der Waals surface area contributed by atoms with Crippen LogP contribution in [0.15, 0.2) is 71.7 Å². The Bertz CT molecular complexity index is 1340. The molecule has 2 amide bonds. The van der Waals surface area contributed by atoms with Crippen molar-refractivity contribution in [3.8, 4) is 11.5 Å². The van der Waals surface area contributed by atoms with Crippen molar-refractivity contribution in [2.24, 2.45) is 10.9 Å². The molecule has 3 aromatic rings. The molecule has 0 saturated carbocycles. The Balaban J connectivity index is 1.40. The van der Waals surface area contributed by atoms with E-state index in [9.17, 15) is 18.4 Å². The number of benzene rings is 3. The zero-order valence-corrected chi connectivity index (χ0v) is 19.1. The van der Waals surface area contributed by atoms with Crippen LogP contribution >= 0.6 is 0 Å². The summed E-state index contributed by atoms with van der Waals surface area (Å²) in [5.74, 6) is -1.32. The van der Waals surface area contributed by atoms with Crippen LogP contribution in [0, 0.1) is 17.6 Å². The average Bonchev–Trinajstić information content (AvgIpc) is 3.34. The smallest absolute Gasteiger partial charge is 0.341 e. The van der Waals surface area contributed by atoms with Crippen molar-refractivity contribution in [1.29, 1.82) is 0 Å². The summed E-state index contributed by atoms with van der Waals surface area (Å²) in [4.78, 5) is 29.9.